The number of nitrogens with one attached hydrogen (secondary N) is 1. The van der Waals surface area contributed by atoms with Crippen molar-refractivity contribution in [2.24, 2.45) is 7.05 Å². The minimum absolute atomic E-state index is 0.0445. The minimum Gasteiger partial charge on any atom is -0.346 e. The molecule has 0 aromatic carbocycles. The van der Waals surface area contributed by atoms with Gasteiger partial charge in [0, 0.05) is 24.2 Å². The molecule has 5 heteroatoms. The SMILES string of the molecule is Cn1c(C(=O)NC2(C)CCC2)cc2ccnc(Cl)c21. The van der Waals surface area contributed by atoms with Gasteiger partial charge in [0.15, 0.2) is 5.15 Å². The Morgan fingerprint density at radius 2 is 2.26 bits per heavy atom. The Morgan fingerprint density at radius 1 is 1.53 bits per heavy atom. The number of carbonyl (C=O) groups is 1. The summed E-state index contributed by atoms with van der Waals surface area (Å²) in [5.74, 6) is -0.0445. The van der Waals surface area contributed by atoms with Crippen molar-refractivity contribution in [3.63, 3.8) is 0 Å². The molecule has 0 unspecified atom stereocenters. The van der Waals surface area contributed by atoms with E-state index in [1.54, 1.807) is 6.20 Å². The first-order valence-corrected chi connectivity index (χ1v) is 6.80. The fourth-order valence-electron chi connectivity index (χ4n) is 2.64. The highest BCUT2D eigenvalue weighted by Crippen LogP contribution is 2.32. The maximum Gasteiger partial charge on any atom is 0.268 e. The van der Waals surface area contributed by atoms with E-state index in [0.29, 0.717) is 10.8 Å². The van der Waals surface area contributed by atoms with Crippen molar-refractivity contribution in [2.45, 2.75) is 31.7 Å². The molecule has 0 spiro atoms. The topological polar surface area (TPSA) is 46.9 Å². The van der Waals surface area contributed by atoms with Crippen LogP contribution in [-0.4, -0.2) is 21.0 Å². The van der Waals surface area contributed by atoms with Crippen molar-refractivity contribution in [1.29, 1.82) is 0 Å². The van der Waals surface area contributed by atoms with Gasteiger partial charge in [0.2, 0.25) is 0 Å². The second-order valence-corrected chi connectivity index (χ2v) is 5.85. The lowest BCUT2D eigenvalue weighted by molar-refractivity contribution is 0.0842. The van der Waals surface area contributed by atoms with Crippen molar-refractivity contribution >= 4 is 28.4 Å². The van der Waals surface area contributed by atoms with Gasteiger partial charge >= 0.3 is 0 Å². The van der Waals surface area contributed by atoms with Crippen molar-refractivity contribution in [1.82, 2.24) is 14.9 Å². The number of amides is 1. The van der Waals surface area contributed by atoms with E-state index in [1.807, 2.05) is 23.7 Å². The predicted molar refractivity (Wildman–Crippen MR) is 75.4 cm³/mol. The fourth-order valence-corrected chi connectivity index (χ4v) is 2.94. The van der Waals surface area contributed by atoms with Gasteiger partial charge < -0.3 is 9.88 Å². The number of hydrogen-bond acceptors (Lipinski definition) is 2. The van der Waals surface area contributed by atoms with E-state index in [4.69, 9.17) is 11.6 Å². The molecule has 1 saturated carbocycles. The minimum atomic E-state index is -0.0460. The van der Waals surface area contributed by atoms with Crippen LogP contribution in [0, 0.1) is 0 Å². The van der Waals surface area contributed by atoms with Crippen LogP contribution in [0.2, 0.25) is 5.15 Å². The van der Waals surface area contributed by atoms with Crippen LogP contribution in [0.4, 0.5) is 0 Å². The molecule has 2 aromatic rings. The molecule has 0 radical (unpaired) electrons. The molecule has 1 fully saturated rings. The molecule has 0 saturated heterocycles. The third kappa shape index (κ3) is 2.00. The molecular formula is C14H16ClN3O. The lowest BCUT2D eigenvalue weighted by Gasteiger charge is -2.39. The number of carbonyl (C=O) groups excluding carboxylic acids is 1. The zero-order valence-corrected chi connectivity index (χ0v) is 11.8. The van der Waals surface area contributed by atoms with Crippen LogP contribution in [0.15, 0.2) is 18.3 Å². The van der Waals surface area contributed by atoms with E-state index in [9.17, 15) is 4.79 Å². The van der Waals surface area contributed by atoms with Gasteiger partial charge in [0.25, 0.3) is 5.91 Å². The van der Waals surface area contributed by atoms with Gasteiger partial charge in [-0.3, -0.25) is 4.79 Å². The Bertz CT molecular complexity index is 658. The van der Waals surface area contributed by atoms with E-state index in [2.05, 4.69) is 17.2 Å². The molecule has 2 heterocycles. The summed E-state index contributed by atoms with van der Waals surface area (Å²) in [6, 6.07) is 3.73. The second kappa shape index (κ2) is 4.23. The number of halogens is 1. The summed E-state index contributed by atoms with van der Waals surface area (Å²) in [4.78, 5) is 16.4. The third-order valence-electron chi connectivity index (χ3n) is 4.00. The Balaban J connectivity index is 1.98. The molecule has 2 aromatic heterocycles. The molecule has 1 aliphatic rings. The fraction of sp³-hybridized carbons (Fsp3) is 0.429. The van der Waals surface area contributed by atoms with Gasteiger partial charge in [-0.2, -0.15) is 0 Å². The van der Waals surface area contributed by atoms with Crippen LogP contribution >= 0.6 is 11.6 Å². The first-order valence-electron chi connectivity index (χ1n) is 6.43. The highest BCUT2D eigenvalue weighted by molar-refractivity contribution is 6.34. The Labute approximate surface area is 116 Å². The number of aromatic nitrogens is 2. The number of aryl methyl sites for hydroxylation is 1. The maximum absolute atomic E-state index is 12.4. The van der Waals surface area contributed by atoms with Gasteiger partial charge in [-0.25, -0.2) is 4.98 Å². The average Bonchev–Trinajstić information content (AvgIpc) is 2.66. The van der Waals surface area contributed by atoms with Crippen molar-refractivity contribution < 1.29 is 4.79 Å². The summed E-state index contributed by atoms with van der Waals surface area (Å²) in [7, 11) is 1.84. The molecule has 0 aliphatic heterocycles. The number of fused-ring (bicyclic) bond motifs is 1. The molecule has 19 heavy (non-hydrogen) atoms. The summed E-state index contributed by atoms with van der Waals surface area (Å²) in [6.07, 6.45) is 4.93. The first kappa shape index (κ1) is 12.5. The molecule has 1 N–H and O–H groups in total. The lowest BCUT2D eigenvalue weighted by Crippen LogP contribution is -2.51. The molecular weight excluding hydrogens is 262 g/mol. The summed E-state index contributed by atoms with van der Waals surface area (Å²) >= 11 is 6.09. The monoisotopic (exact) mass is 277 g/mol. The molecule has 3 rings (SSSR count). The molecule has 1 aliphatic carbocycles. The predicted octanol–water partition coefficient (Wildman–Crippen LogP) is 2.90. The van der Waals surface area contributed by atoms with Crippen LogP contribution in [-0.2, 0) is 7.05 Å². The Hall–Kier alpha value is -1.55. The molecule has 4 nitrogen and oxygen atoms in total. The lowest BCUT2D eigenvalue weighted by atomic mass is 9.78. The highest BCUT2D eigenvalue weighted by atomic mass is 35.5. The van der Waals surface area contributed by atoms with E-state index < -0.39 is 0 Å². The zero-order chi connectivity index (χ0) is 13.6. The number of hydrogen-bond donors (Lipinski definition) is 1. The van der Waals surface area contributed by atoms with E-state index >= 15 is 0 Å². The number of pyridine rings is 1. The van der Waals surface area contributed by atoms with Gasteiger partial charge in [0.1, 0.15) is 5.69 Å². The van der Waals surface area contributed by atoms with Gasteiger partial charge in [0.05, 0.1) is 5.52 Å². The van der Waals surface area contributed by atoms with Crippen LogP contribution in [0.5, 0.6) is 0 Å². The van der Waals surface area contributed by atoms with Crippen molar-refractivity contribution in [3.05, 3.63) is 29.2 Å². The van der Waals surface area contributed by atoms with Gasteiger partial charge in [-0.05, 0) is 38.3 Å². The average molecular weight is 278 g/mol. The molecule has 0 atom stereocenters. The third-order valence-corrected chi connectivity index (χ3v) is 4.28. The summed E-state index contributed by atoms with van der Waals surface area (Å²) in [5, 5.41) is 4.47. The van der Waals surface area contributed by atoms with Crippen molar-refractivity contribution in [3.8, 4) is 0 Å². The van der Waals surface area contributed by atoms with Crippen LogP contribution in [0.1, 0.15) is 36.7 Å². The van der Waals surface area contributed by atoms with Gasteiger partial charge in [-0.15, -0.1) is 0 Å². The van der Waals surface area contributed by atoms with E-state index in [1.165, 1.54) is 6.42 Å². The summed E-state index contributed by atoms with van der Waals surface area (Å²) < 4.78 is 1.81. The number of rotatable bonds is 2. The smallest absolute Gasteiger partial charge is 0.268 e. The molecule has 100 valence electrons. The van der Waals surface area contributed by atoms with E-state index in [0.717, 1.165) is 23.7 Å². The maximum atomic E-state index is 12.4. The standard InChI is InChI=1S/C14H16ClN3O/c1-14(5-3-6-14)17-13(19)10-8-9-4-7-16-12(15)11(9)18(10)2/h4,7-8H,3,5-6H2,1-2H3,(H,17,19). The Kier molecular flexibility index (Phi) is 2.78. The van der Waals surface area contributed by atoms with Crippen molar-refractivity contribution in [2.75, 3.05) is 0 Å². The summed E-state index contributed by atoms with van der Waals surface area (Å²) in [6.45, 7) is 2.09. The number of nitrogens with zero attached hydrogens (tertiary/aromatic N) is 2. The largest absolute Gasteiger partial charge is 0.346 e. The molecule has 1 amide bonds. The normalized spacial score (nSPS) is 17.2. The summed E-state index contributed by atoms with van der Waals surface area (Å²) in [5.41, 5.74) is 1.38. The van der Waals surface area contributed by atoms with Crippen LogP contribution in [0.25, 0.3) is 10.9 Å². The first-order chi connectivity index (χ1) is 9.00. The quantitative estimate of drug-likeness (QED) is 0.858. The van der Waals surface area contributed by atoms with Crippen LogP contribution in [0.3, 0.4) is 0 Å². The second-order valence-electron chi connectivity index (χ2n) is 5.50. The van der Waals surface area contributed by atoms with Crippen LogP contribution < -0.4 is 5.32 Å². The Morgan fingerprint density at radius 3 is 2.84 bits per heavy atom. The molecule has 0 bridgehead atoms. The highest BCUT2D eigenvalue weighted by Gasteiger charge is 2.34. The van der Waals surface area contributed by atoms with Gasteiger partial charge in [-0.1, -0.05) is 11.6 Å². The zero-order valence-electron chi connectivity index (χ0n) is 11.0. The van der Waals surface area contributed by atoms with E-state index in [-0.39, 0.29) is 11.4 Å².